The molecule has 0 radical (unpaired) electrons. The zero-order valence-corrected chi connectivity index (χ0v) is 11.1. The quantitative estimate of drug-likeness (QED) is 0.802. The van der Waals surface area contributed by atoms with Gasteiger partial charge in [0.15, 0.2) is 5.76 Å². The van der Waals surface area contributed by atoms with E-state index in [9.17, 15) is 14.3 Å². The van der Waals surface area contributed by atoms with Crippen molar-refractivity contribution in [1.82, 2.24) is 9.78 Å². The average molecular weight is 286 g/mol. The molecule has 1 aromatic carbocycles. The number of para-hydroxylation sites is 1. The lowest BCUT2D eigenvalue weighted by atomic mass is 10.2. The van der Waals surface area contributed by atoms with E-state index in [0.29, 0.717) is 11.5 Å². The predicted molar refractivity (Wildman–Crippen MR) is 72.9 cm³/mol. The van der Waals surface area contributed by atoms with Gasteiger partial charge in [0.1, 0.15) is 28.5 Å². The highest BCUT2D eigenvalue weighted by Gasteiger charge is 2.20. The highest BCUT2D eigenvalue weighted by atomic mass is 19.1. The Morgan fingerprint density at radius 1 is 1.29 bits per heavy atom. The molecule has 0 unspecified atom stereocenters. The van der Waals surface area contributed by atoms with Crippen molar-refractivity contribution in [2.24, 2.45) is 0 Å². The van der Waals surface area contributed by atoms with E-state index in [1.165, 1.54) is 23.0 Å². The number of aromatic nitrogens is 2. The molecule has 0 aliphatic heterocycles. The summed E-state index contributed by atoms with van der Waals surface area (Å²) in [7, 11) is 0. The number of carboxylic acid groups (broad SMARTS) is 1. The Labute approximate surface area is 119 Å². The third-order valence-corrected chi connectivity index (χ3v) is 3.02. The van der Waals surface area contributed by atoms with Crippen LogP contribution in [0.25, 0.3) is 17.1 Å². The van der Waals surface area contributed by atoms with E-state index in [2.05, 4.69) is 5.10 Å². The van der Waals surface area contributed by atoms with Crippen LogP contribution in [0.2, 0.25) is 0 Å². The second-order valence-corrected chi connectivity index (χ2v) is 4.50. The molecule has 106 valence electrons. The Morgan fingerprint density at radius 2 is 2.05 bits per heavy atom. The lowest BCUT2D eigenvalue weighted by Gasteiger charge is -2.01. The maximum atomic E-state index is 13.8. The minimum absolute atomic E-state index is 0.0485. The van der Waals surface area contributed by atoms with Gasteiger partial charge in [-0.15, -0.1) is 0 Å². The van der Waals surface area contributed by atoms with Crippen molar-refractivity contribution >= 4 is 5.97 Å². The maximum Gasteiger partial charge on any atom is 0.339 e. The van der Waals surface area contributed by atoms with E-state index in [4.69, 9.17) is 4.42 Å². The first kappa shape index (κ1) is 13.1. The van der Waals surface area contributed by atoms with Crippen molar-refractivity contribution in [3.63, 3.8) is 0 Å². The summed E-state index contributed by atoms with van der Waals surface area (Å²) < 4.78 is 20.4. The van der Waals surface area contributed by atoms with E-state index in [1.807, 2.05) is 0 Å². The van der Waals surface area contributed by atoms with Crippen LogP contribution >= 0.6 is 0 Å². The number of aromatic carboxylic acids is 1. The molecule has 0 bridgehead atoms. The van der Waals surface area contributed by atoms with Crippen LogP contribution in [0.3, 0.4) is 0 Å². The molecule has 5 nitrogen and oxygen atoms in total. The molecular weight excluding hydrogens is 275 g/mol. The Bertz CT molecular complexity index is 820. The fourth-order valence-electron chi connectivity index (χ4n) is 2.04. The molecule has 3 rings (SSSR count). The number of hydrogen-bond donors (Lipinski definition) is 1. The van der Waals surface area contributed by atoms with Crippen LogP contribution in [0.5, 0.6) is 0 Å². The molecule has 3 aromatic rings. The molecule has 21 heavy (non-hydrogen) atoms. The molecule has 2 heterocycles. The number of rotatable bonds is 3. The summed E-state index contributed by atoms with van der Waals surface area (Å²) in [5.74, 6) is -0.664. The van der Waals surface area contributed by atoms with Crippen LogP contribution in [0, 0.1) is 12.7 Å². The van der Waals surface area contributed by atoms with Crippen molar-refractivity contribution in [2.45, 2.75) is 6.92 Å². The minimum Gasteiger partial charge on any atom is -0.478 e. The lowest BCUT2D eigenvalue weighted by Crippen LogP contribution is -1.98. The highest BCUT2D eigenvalue weighted by Crippen LogP contribution is 2.26. The second kappa shape index (κ2) is 4.90. The third-order valence-electron chi connectivity index (χ3n) is 3.02. The summed E-state index contributed by atoms with van der Waals surface area (Å²) in [4.78, 5) is 11.3. The molecule has 0 saturated heterocycles. The largest absolute Gasteiger partial charge is 0.478 e. The monoisotopic (exact) mass is 286 g/mol. The fourth-order valence-corrected chi connectivity index (χ4v) is 2.04. The number of nitrogens with zero attached hydrogens (tertiary/aromatic N) is 2. The average Bonchev–Trinajstić information content (AvgIpc) is 3.05. The van der Waals surface area contributed by atoms with Crippen molar-refractivity contribution in [3.8, 4) is 17.1 Å². The van der Waals surface area contributed by atoms with Gasteiger partial charge < -0.3 is 9.52 Å². The summed E-state index contributed by atoms with van der Waals surface area (Å²) in [5.41, 5.74) is 0.293. The normalized spacial score (nSPS) is 10.8. The lowest BCUT2D eigenvalue weighted by molar-refractivity contribution is 0.0697. The van der Waals surface area contributed by atoms with Gasteiger partial charge in [0.25, 0.3) is 0 Å². The second-order valence-electron chi connectivity index (χ2n) is 4.50. The van der Waals surface area contributed by atoms with Gasteiger partial charge in [-0.25, -0.2) is 13.9 Å². The van der Waals surface area contributed by atoms with Crippen molar-refractivity contribution in [1.29, 1.82) is 0 Å². The summed E-state index contributed by atoms with van der Waals surface area (Å²) in [6, 6.07) is 9.35. The van der Waals surface area contributed by atoms with Gasteiger partial charge in [-0.2, -0.15) is 5.10 Å². The molecule has 0 aliphatic carbocycles. The molecule has 0 atom stereocenters. The van der Waals surface area contributed by atoms with Gasteiger partial charge in [0.2, 0.25) is 0 Å². The number of halogens is 1. The summed E-state index contributed by atoms with van der Waals surface area (Å²) in [6.45, 7) is 1.75. The van der Waals surface area contributed by atoms with E-state index in [-0.39, 0.29) is 16.9 Å². The maximum absolute atomic E-state index is 13.8. The zero-order chi connectivity index (χ0) is 15.0. The van der Waals surface area contributed by atoms with Crippen molar-refractivity contribution < 1.29 is 18.7 Å². The van der Waals surface area contributed by atoms with Crippen LogP contribution in [-0.4, -0.2) is 20.9 Å². The van der Waals surface area contributed by atoms with Gasteiger partial charge in [-0.3, -0.25) is 0 Å². The SMILES string of the molecule is Cc1ccc(-c2nn(-c3ccccc3F)cc2C(=O)O)o1. The van der Waals surface area contributed by atoms with Gasteiger partial charge in [0.05, 0.1) is 0 Å². The number of carbonyl (C=O) groups is 1. The van der Waals surface area contributed by atoms with E-state index in [1.54, 1.807) is 31.2 Å². The van der Waals surface area contributed by atoms with Crippen LogP contribution in [0.1, 0.15) is 16.1 Å². The topological polar surface area (TPSA) is 68.3 Å². The fraction of sp³-hybridized carbons (Fsp3) is 0.0667. The Morgan fingerprint density at radius 3 is 2.67 bits per heavy atom. The Balaban J connectivity index is 2.18. The molecule has 0 saturated carbocycles. The Hall–Kier alpha value is -2.89. The van der Waals surface area contributed by atoms with Crippen LogP contribution in [0.4, 0.5) is 4.39 Å². The predicted octanol–water partition coefficient (Wildman–Crippen LogP) is 3.28. The van der Waals surface area contributed by atoms with Crippen molar-refractivity contribution in [2.75, 3.05) is 0 Å². The van der Waals surface area contributed by atoms with Gasteiger partial charge >= 0.3 is 5.97 Å². The highest BCUT2D eigenvalue weighted by molar-refractivity contribution is 5.94. The molecular formula is C15H11FN2O3. The van der Waals surface area contributed by atoms with E-state index in [0.717, 1.165) is 0 Å². The smallest absolute Gasteiger partial charge is 0.339 e. The number of furan rings is 1. The number of aryl methyl sites for hydroxylation is 1. The van der Waals surface area contributed by atoms with Crippen LogP contribution in [-0.2, 0) is 0 Å². The molecule has 1 N–H and O–H groups in total. The van der Waals surface area contributed by atoms with Gasteiger partial charge in [-0.1, -0.05) is 12.1 Å². The first-order valence-corrected chi connectivity index (χ1v) is 6.21. The van der Waals surface area contributed by atoms with Gasteiger partial charge in [-0.05, 0) is 31.2 Å². The standard InChI is InChI=1S/C15H11FN2O3/c1-9-6-7-13(21-9)14-10(15(19)20)8-18(17-14)12-5-3-2-4-11(12)16/h2-8H,1H3,(H,19,20). The first-order valence-electron chi connectivity index (χ1n) is 6.21. The summed E-state index contributed by atoms with van der Waals surface area (Å²) in [6.07, 6.45) is 1.27. The molecule has 0 spiro atoms. The van der Waals surface area contributed by atoms with Crippen LogP contribution < -0.4 is 0 Å². The minimum atomic E-state index is -1.15. The third kappa shape index (κ3) is 2.31. The molecule has 2 aromatic heterocycles. The number of carboxylic acids is 1. The molecule has 0 fully saturated rings. The first-order chi connectivity index (χ1) is 10.1. The number of benzene rings is 1. The zero-order valence-electron chi connectivity index (χ0n) is 11.1. The Kier molecular flexibility index (Phi) is 3.06. The number of hydrogen-bond acceptors (Lipinski definition) is 3. The molecule has 6 heteroatoms. The van der Waals surface area contributed by atoms with Gasteiger partial charge in [0, 0.05) is 6.20 Å². The van der Waals surface area contributed by atoms with Crippen LogP contribution in [0.15, 0.2) is 47.0 Å². The molecule has 0 aliphatic rings. The molecule has 0 amide bonds. The van der Waals surface area contributed by atoms with E-state index >= 15 is 0 Å². The summed E-state index contributed by atoms with van der Waals surface area (Å²) >= 11 is 0. The summed E-state index contributed by atoms with van der Waals surface area (Å²) in [5, 5.41) is 13.4. The van der Waals surface area contributed by atoms with E-state index < -0.39 is 11.8 Å². The van der Waals surface area contributed by atoms with Crippen molar-refractivity contribution in [3.05, 3.63) is 59.7 Å².